The zero-order chi connectivity index (χ0) is 15.5. The summed E-state index contributed by atoms with van der Waals surface area (Å²) in [7, 11) is 1.86. The van der Waals surface area contributed by atoms with Gasteiger partial charge in [0.1, 0.15) is 0 Å². The summed E-state index contributed by atoms with van der Waals surface area (Å²) < 4.78 is 0. The van der Waals surface area contributed by atoms with E-state index >= 15 is 0 Å². The van der Waals surface area contributed by atoms with E-state index in [1.54, 1.807) is 0 Å². The van der Waals surface area contributed by atoms with Crippen LogP contribution in [0.4, 0.5) is 0 Å². The number of nitrogens with zero attached hydrogens (tertiary/aromatic N) is 3. The molecular weight excluding hydrogens is 274 g/mol. The lowest BCUT2D eigenvalue weighted by atomic mass is 10.1. The van der Waals surface area contributed by atoms with Gasteiger partial charge in [-0.2, -0.15) is 0 Å². The molecule has 0 aromatic heterocycles. The van der Waals surface area contributed by atoms with Crippen LogP contribution in [0.1, 0.15) is 44.9 Å². The molecule has 0 amide bonds. The van der Waals surface area contributed by atoms with E-state index in [9.17, 15) is 0 Å². The molecule has 0 radical (unpaired) electrons. The van der Waals surface area contributed by atoms with Crippen LogP contribution in [0, 0.1) is 0 Å². The summed E-state index contributed by atoms with van der Waals surface area (Å²) in [6, 6.07) is 0. The van der Waals surface area contributed by atoms with Gasteiger partial charge in [-0.1, -0.05) is 6.42 Å². The number of hydrogen-bond acceptors (Lipinski definition) is 3. The molecule has 2 aliphatic heterocycles. The lowest BCUT2D eigenvalue weighted by molar-refractivity contribution is 0.232. The van der Waals surface area contributed by atoms with E-state index in [0.717, 1.165) is 25.6 Å². The SMILES string of the molecule is CN=C(NCCCCN1CCCC1)NCCN1CCCCC1. The lowest BCUT2D eigenvalue weighted by Crippen LogP contribution is -2.43. The Bertz CT molecular complexity index is 306. The van der Waals surface area contributed by atoms with Gasteiger partial charge in [-0.05, 0) is 71.2 Å². The Morgan fingerprint density at radius 2 is 1.36 bits per heavy atom. The van der Waals surface area contributed by atoms with Crippen molar-refractivity contribution in [3.63, 3.8) is 0 Å². The Hall–Kier alpha value is -0.810. The van der Waals surface area contributed by atoms with E-state index in [2.05, 4.69) is 25.4 Å². The average molecular weight is 310 g/mol. The first-order valence-corrected chi connectivity index (χ1v) is 9.28. The highest BCUT2D eigenvalue weighted by Gasteiger charge is 2.10. The van der Waals surface area contributed by atoms with Crippen LogP contribution in [-0.4, -0.2) is 75.2 Å². The van der Waals surface area contributed by atoms with Crippen LogP contribution in [0.5, 0.6) is 0 Å². The summed E-state index contributed by atoms with van der Waals surface area (Å²) in [5, 5.41) is 6.87. The molecule has 0 saturated carbocycles. The van der Waals surface area contributed by atoms with E-state index in [0.29, 0.717) is 0 Å². The first-order valence-electron chi connectivity index (χ1n) is 9.28. The highest BCUT2D eigenvalue weighted by Crippen LogP contribution is 2.08. The molecule has 0 spiro atoms. The fourth-order valence-corrected chi connectivity index (χ4v) is 3.41. The van der Waals surface area contributed by atoms with E-state index < -0.39 is 0 Å². The lowest BCUT2D eigenvalue weighted by Gasteiger charge is -2.26. The summed E-state index contributed by atoms with van der Waals surface area (Å²) in [6.45, 7) is 9.58. The van der Waals surface area contributed by atoms with Gasteiger partial charge in [0.25, 0.3) is 0 Å². The zero-order valence-corrected chi connectivity index (χ0v) is 14.4. The predicted octanol–water partition coefficient (Wildman–Crippen LogP) is 1.51. The molecule has 2 rings (SSSR count). The quantitative estimate of drug-likeness (QED) is 0.405. The first-order chi connectivity index (χ1) is 10.9. The molecule has 22 heavy (non-hydrogen) atoms. The molecule has 2 saturated heterocycles. The second-order valence-electron chi connectivity index (χ2n) is 6.58. The number of piperidine rings is 1. The van der Waals surface area contributed by atoms with E-state index in [1.165, 1.54) is 77.7 Å². The second kappa shape index (κ2) is 10.8. The summed E-state index contributed by atoms with van der Waals surface area (Å²) >= 11 is 0. The van der Waals surface area contributed by atoms with Crippen LogP contribution in [0.25, 0.3) is 0 Å². The molecule has 128 valence electrons. The maximum Gasteiger partial charge on any atom is 0.191 e. The van der Waals surface area contributed by atoms with Gasteiger partial charge in [0, 0.05) is 26.7 Å². The first kappa shape index (κ1) is 17.5. The van der Waals surface area contributed by atoms with Gasteiger partial charge in [-0.3, -0.25) is 4.99 Å². The summed E-state index contributed by atoms with van der Waals surface area (Å²) in [4.78, 5) is 9.46. The van der Waals surface area contributed by atoms with Crippen LogP contribution in [-0.2, 0) is 0 Å². The van der Waals surface area contributed by atoms with Crippen molar-refractivity contribution in [2.24, 2.45) is 4.99 Å². The van der Waals surface area contributed by atoms with Crippen LogP contribution in [0.2, 0.25) is 0 Å². The molecule has 5 heteroatoms. The molecule has 2 heterocycles. The third-order valence-electron chi connectivity index (χ3n) is 4.79. The Morgan fingerprint density at radius 3 is 2.05 bits per heavy atom. The monoisotopic (exact) mass is 309 g/mol. The molecule has 5 nitrogen and oxygen atoms in total. The van der Waals surface area contributed by atoms with Crippen molar-refractivity contribution in [2.45, 2.75) is 44.9 Å². The molecule has 0 aromatic carbocycles. The molecule has 2 fully saturated rings. The van der Waals surface area contributed by atoms with Gasteiger partial charge in [0.15, 0.2) is 5.96 Å². The van der Waals surface area contributed by atoms with Crippen LogP contribution in [0.15, 0.2) is 4.99 Å². The predicted molar refractivity (Wildman–Crippen MR) is 94.6 cm³/mol. The fraction of sp³-hybridized carbons (Fsp3) is 0.941. The molecule has 0 atom stereocenters. The largest absolute Gasteiger partial charge is 0.356 e. The van der Waals surface area contributed by atoms with Gasteiger partial charge >= 0.3 is 0 Å². The minimum atomic E-state index is 0.957. The molecule has 0 bridgehead atoms. The van der Waals surface area contributed by atoms with Gasteiger partial charge in [0.2, 0.25) is 0 Å². The number of nitrogens with one attached hydrogen (secondary N) is 2. The van der Waals surface area contributed by atoms with E-state index in [-0.39, 0.29) is 0 Å². The topological polar surface area (TPSA) is 42.9 Å². The molecular formula is C17H35N5. The Labute approximate surface area is 136 Å². The highest BCUT2D eigenvalue weighted by atomic mass is 15.2. The van der Waals surface area contributed by atoms with Crippen molar-refractivity contribution < 1.29 is 0 Å². The van der Waals surface area contributed by atoms with Crippen molar-refractivity contribution in [1.82, 2.24) is 20.4 Å². The van der Waals surface area contributed by atoms with Crippen LogP contribution >= 0.6 is 0 Å². The maximum atomic E-state index is 4.31. The van der Waals surface area contributed by atoms with Gasteiger partial charge in [-0.15, -0.1) is 0 Å². The number of unbranched alkanes of at least 4 members (excludes halogenated alkanes) is 1. The van der Waals surface area contributed by atoms with Crippen molar-refractivity contribution in [3.05, 3.63) is 0 Å². The number of likely N-dealkylation sites (tertiary alicyclic amines) is 2. The molecule has 0 aromatic rings. The maximum absolute atomic E-state index is 4.31. The number of hydrogen-bond donors (Lipinski definition) is 2. The average Bonchev–Trinajstić information content (AvgIpc) is 3.07. The smallest absolute Gasteiger partial charge is 0.191 e. The number of guanidine groups is 1. The third kappa shape index (κ3) is 6.97. The normalized spacial score (nSPS) is 21.2. The fourth-order valence-electron chi connectivity index (χ4n) is 3.41. The Kier molecular flexibility index (Phi) is 8.64. The number of rotatable bonds is 8. The minimum Gasteiger partial charge on any atom is -0.356 e. The summed E-state index contributed by atoms with van der Waals surface area (Å²) in [5.41, 5.74) is 0. The third-order valence-corrected chi connectivity index (χ3v) is 4.79. The van der Waals surface area contributed by atoms with E-state index in [1.807, 2.05) is 7.05 Å². The van der Waals surface area contributed by atoms with Gasteiger partial charge < -0.3 is 20.4 Å². The Morgan fingerprint density at radius 1 is 0.773 bits per heavy atom. The Balaban J connectivity index is 1.45. The van der Waals surface area contributed by atoms with Gasteiger partial charge in [0.05, 0.1) is 0 Å². The molecule has 2 N–H and O–H groups in total. The van der Waals surface area contributed by atoms with Gasteiger partial charge in [-0.25, -0.2) is 0 Å². The van der Waals surface area contributed by atoms with Crippen molar-refractivity contribution >= 4 is 5.96 Å². The minimum absolute atomic E-state index is 0.957. The van der Waals surface area contributed by atoms with Crippen LogP contribution in [0.3, 0.4) is 0 Å². The van der Waals surface area contributed by atoms with Crippen molar-refractivity contribution in [3.8, 4) is 0 Å². The van der Waals surface area contributed by atoms with E-state index in [4.69, 9.17) is 0 Å². The second-order valence-corrected chi connectivity index (χ2v) is 6.58. The molecule has 2 aliphatic rings. The number of aliphatic imine (C=N–C) groups is 1. The zero-order valence-electron chi connectivity index (χ0n) is 14.4. The summed E-state index contributed by atoms with van der Waals surface area (Å²) in [5.74, 6) is 0.957. The van der Waals surface area contributed by atoms with Crippen molar-refractivity contribution in [1.29, 1.82) is 0 Å². The standard InChI is InChI=1S/C17H35N5/c1-18-17(20-10-16-22-11-4-2-5-12-22)19-9-3-6-13-21-14-7-8-15-21/h2-16H2,1H3,(H2,18,19,20). The molecule has 0 unspecified atom stereocenters. The van der Waals surface area contributed by atoms with Crippen LogP contribution < -0.4 is 10.6 Å². The summed E-state index contributed by atoms with van der Waals surface area (Å²) in [6.07, 6.45) is 9.44. The van der Waals surface area contributed by atoms with Crippen molar-refractivity contribution in [2.75, 3.05) is 59.4 Å². The highest BCUT2D eigenvalue weighted by molar-refractivity contribution is 5.79. The molecule has 0 aliphatic carbocycles.